The van der Waals surface area contributed by atoms with Gasteiger partial charge in [-0.1, -0.05) is 24.3 Å². The average Bonchev–Trinajstić information content (AvgIpc) is 3.18. The predicted octanol–water partition coefficient (Wildman–Crippen LogP) is 2.67. The number of nitrogens with one attached hydrogen (secondary N) is 2. The summed E-state index contributed by atoms with van der Waals surface area (Å²) >= 11 is 0. The first-order valence-electron chi connectivity index (χ1n) is 8.69. The molecule has 3 aromatic rings. The van der Waals surface area contributed by atoms with Crippen molar-refractivity contribution in [2.45, 2.75) is 6.04 Å². The van der Waals surface area contributed by atoms with Gasteiger partial charge in [-0.05, 0) is 35.9 Å². The monoisotopic (exact) mass is 382 g/mol. The summed E-state index contributed by atoms with van der Waals surface area (Å²) in [5, 5.41) is 9.37. The molecule has 2 heterocycles. The van der Waals surface area contributed by atoms with Crippen molar-refractivity contribution in [3.8, 4) is 11.3 Å². The molecule has 2 N–H and O–H groups in total. The number of benzene rings is 2. The van der Waals surface area contributed by atoms with Gasteiger partial charge in [0.25, 0.3) is 5.91 Å². The standard InChI is InChI=1S/C20H16F2N4O2/c21-13-7-5-12(6-8-13)18-19(27)23-9-10-26(18)20(28)17-11-16(24-25-17)14-3-1-2-4-15(14)22/h1-8,11,18H,9-10H2,(H,23,27)(H,24,25). The Labute approximate surface area is 159 Å². The van der Waals surface area contributed by atoms with Crippen LogP contribution in [0.2, 0.25) is 0 Å². The van der Waals surface area contributed by atoms with E-state index in [4.69, 9.17) is 0 Å². The molecule has 2 amide bonds. The van der Waals surface area contributed by atoms with Gasteiger partial charge in [0.05, 0.1) is 5.69 Å². The minimum Gasteiger partial charge on any atom is -0.352 e. The molecular formula is C20H16F2N4O2. The van der Waals surface area contributed by atoms with Gasteiger partial charge in [0, 0.05) is 18.7 Å². The third kappa shape index (κ3) is 3.24. The summed E-state index contributed by atoms with van der Waals surface area (Å²) < 4.78 is 27.2. The number of hydrogen-bond donors (Lipinski definition) is 2. The molecule has 1 unspecified atom stereocenters. The van der Waals surface area contributed by atoms with Crippen molar-refractivity contribution < 1.29 is 18.4 Å². The van der Waals surface area contributed by atoms with Crippen LogP contribution in [0.5, 0.6) is 0 Å². The van der Waals surface area contributed by atoms with Crippen LogP contribution in [0.25, 0.3) is 11.3 Å². The Morgan fingerprint density at radius 1 is 1.11 bits per heavy atom. The second kappa shape index (κ2) is 7.22. The van der Waals surface area contributed by atoms with Crippen LogP contribution >= 0.6 is 0 Å². The van der Waals surface area contributed by atoms with E-state index in [1.807, 2.05) is 0 Å². The molecule has 1 aliphatic rings. The van der Waals surface area contributed by atoms with Crippen molar-refractivity contribution in [3.63, 3.8) is 0 Å². The Morgan fingerprint density at radius 2 is 1.86 bits per heavy atom. The van der Waals surface area contributed by atoms with Crippen molar-refractivity contribution in [1.29, 1.82) is 0 Å². The minimum atomic E-state index is -0.887. The number of halogens is 2. The van der Waals surface area contributed by atoms with E-state index < -0.39 is 23.6 Å². The molecule has 28 heavy (non-hydrogen) atoms. The van der Waals surface area contributed by atoms with Gasteiger partial charge in [0.1, 0.15) is 23.4 Å². The Balaban J connectivity index is 1.65. The van der Waals surface area contributed by atoms with Gasteiger partial charge in [-0.25, -0.2) is 8.78 Å². The fourth-order valence-electron chi connectivity index (χ4n) is 3.25. The molecule has 1 aromatic heterocycles. The molecule has 0 aliphatic carbocycles. The topological polar surface area (TPSA) is 78.1 Å². The van der Waals surface area contributed by atoms with Crippen LogP contribution in [0.3, 0.4) is 0 Å². The van der Waals surface area contributed by atoms with E-state index in [-0.39, 0.29) is 23.7 Å². The lowest BCUT2D eigenvalue weighted by Gasteiger charge is -2.35. The number of amides is 2. The summed E-state index contributed by atoms with van der Waals surface area (Å²) in [5.41, 5.74) is 1.20. The van der Waals surface area contributed by atoms with Gasteiger partial charge in [-0.3, -0.25) is 14.7 Å². The second-order valence-corrected chi connectivity index (χ2v) is 6.39. The Kier molecular flexibility index (Phi) is 4.60. The number of aromatic amines is 1. The van der Waals surface area contributed by atoms with Crippen LogP contribution in [-0.4, -0.2) is 40.0 Å². The molecule has 2 aromatic carbocycles. The normalized spacial score (nSPS) is 16.7. The van der Waals surface area contributed by atoms with Crippen LogP contribution in [0.4, 0.5) is 8.78 Å². The molecule has 0 radical (unpaired) electrons. The predicted molar refractivity (Wildman–Crippen MR) is 97.2 cm³/mol. The summed E-state index contributed by atoms with van der Waals surface area (Å²) in [7, 11) is 0. The highest BCUT2D eigenvalue weighted by molar-refractivity contribution is 5.98. The lowest BCUT2D eigenvalue weighted by Crippen LogP contribution is -2.52. The van der Waals surface area contributed by atoms with Gasteiger partial charge in [0.15, 0.2) is 0 Å². The number of rotatable bonds is 3. The third-order valence-corrected chi connectivity index (χ3v) is 4.62. The van der Waals surface area contributed by atoms with E-state index in [1.54, 1.807) is 18.2 Å². The molecule has 6 nitrogen and oxygen atoms in total. The van der Waals surface area contributed by atoms with Crippen LogP contribution in [0.15, 0.2) is 54.6 Å². The van der Waals surface area contributed by atoms with Gasteiger partial charge in [-0.15, -0.1) is 0 Å². The quantitative estimate of drug-likeness (QED) is 0.731. The largest absolute Gasteiger partial charge is 0.352 e. The number of hydrogen-bond acceptors (Lipinski definition) is 3. The van der Waals surface area contributed by atoms with Crippen molar-refractivity contribution in [1.82, 2.24) is 20.4 Å². The number of nitrogens with zero attached hydrogens (tertiary/aromatic N) is 2. The first kappa shape index (κ1) is 17.8. The zero-order chi connectivity index (χ0) is 19.7. The van der Waals surface area contributed by atoms with Crippen molar-refractivity contribution >= 4 is 11.8 Å². The number of piperazine rings is 1. The number of aromatic nitrogens is 2. The van der Waals surface area contributed by atoms with Crippen molar-refractivity contribution in [3.05, 3.63) is 77.5 Å². The van der Waals surface area contributed by atoms with E-state index in [2.05, 4.69) is 15.5 Å². The number of carbonyl (C=O) groups excluding carboxylic acids is 2. The Hall–Kier alpha value is -3.55. The Bertz CT molecular complexity index is 1030. The second-order valence-electron chi connectivity index (χ2n) is 6.39. The fraction of sp³-hybridized carbons (Fsp3) is 0.150. The van der Waals surface area contributed by atoms with E-state index in [0.29, 0.717) is 17.8 Å². The molecule has 4 rings (SSSR count). The van der Waals surface area contributed by atoms with Crippen LogP contribution < -0.4 is 5.32 Å². The highest BCUT2D eigenvalue weighted by Crippen LogP contribution is 2.27. The smallest absolute Gasteiger partial charge is 0.272 e. The molecule has 142 valence electrons. The van der Waals surface area contributed by atoms with Gasteiger partial charge < -0.3 is 10.2 Å². The van der Waals surface area contributed by atoms with Crippen molar-refractivity contribution in [2.75, 3.05) is 13.1 Å². The lowest BCUT2D eigenvalue weighted by molar-refractivity contribution is -0.128. The van der Waals surface area contributed by atoms with Gasteiger partial charge >= 0.3 is 0 Å². The van der Waals surface area contributed by atoms with E-state index in [9.17, 15) is 18.4 Å². The Morgan fingerprint density at radius 3 is 2.61 bits per heavy atom. The zero-order valence-corrected chi connectivity index (χ0v) is 14.7. The summed E-state index contributed by atoms with van der Waals surface area (Å²) in [5.74, 6) is -1.67. The molecule has 1 fully saturated rings. The average molecular weight is 382 g/mol. The van der Waals surface area contributed by atoms with E-state index >= 15 is 0 Å². The SMILES string of the molecule is O=C1NCCN(C(=O)c2cc(-c3ccccc3F)n[nH]2)C1c1ccc(F)cc1. The fourth-order valence-corrected chi connectivity index (χ4v) is 3.25. The zero-order valence-electron chi connectivity index (χ0n) is 14.7. The van der Waals surface area contributed by atoms with Crippen LogP contribution in [0.1, 0.15) is 22.1 Å². The number of H-pyrrole nitrogens is 1. The summed E-state index contributed by atoms with van der Waals surface area (Å²) in [6.07, 6.45) is 0. The molecular weight excluding hydrogens is 366 g/mol. The van der Waals surface area contributed by atoms with E-state index in [1.165, 1.54) is 41.3 Å². The summed E-state index contributed by atoms with van der Waals surface area (Å²) in [6.45, 7) is 0.581. The van der Waals surface area contributed by atoms with Crippen LogP contribution in [-0.2, 0) is 4.79 Å². The lowest BCUT2D eigenvalue weighted by atomic mass is 10.0. The molecule has 0 spiro atoms. The maximum absolute atomic E-state index is 14.0. The summed E-state index contributed by atoms with van der Waals surface area (Å²) in [6, 6.07) is 12.1. The summed E-state index contributed by atoms with van der Waals surface area (Å²) in [4.78, 5) is 26.8. The molecule has 1 atom stereocenters. The highest BCUT2D eigenvalue weighted by Gasteiger charge is 2.35. The molecule has 0 saturated carbocycles. The van der Waals surface area contributed by atoms with Gasteiger partial charge in [-0.2, -0.15) is 5.10 Å². The molecule has 8 heteroatoms. The van der Waals surface area contributed by atoms with Crippen LogP contribution in [0, 0.1) is 11.6 Å². The first-order valence-corrected chi connectivity index (χ1v) is 8.69. The molecule has 1 saturated heterocycles. The van der Waals surface area contributed by atoms with Gasteiger partial charge in [0.2, 0.25) is 5.91 Å². The molecule has 0 bridgehead atoms. The van der Waals surface area contributed by atoms with Crippen molar-refractivity contribution in [2.24, 2.45) is 0 Å². The minimum absolute atomic E-state index is 0.139. The number of carbonyl (C=O) groups is 2. The maximum Gasteiger partial charge on any atom is 0.272 e. The first-order chi connectivity index (χ1) is 13.5. The molecule has 1 aliphatic heterocycles. The van der Waals surface area contributed by atoms with E-state index in [0.717, 1.165) is 0 Å². The third-order valence-electron chi connectivity index (χ3n) is 4.62. The maximum atomic E-state index is 14.0. The highest BCUT2D eigenvalue weighted by atomic mass is 19.1.